The first-order valence-electron chi connectivity index (χ1n) is 6.89. The smallest absolute Gasteiger partial charge is 0.316 e. The number of alkyl halides is 2. The molecule has 9 heteroatoms. The maximum absolute atomic E-state index is 13.7. The predicted octanol–water partition coefficient (Wildman–Crippen LogP) is 3.74. The number of hydrogen-bond donors (Lipinski definition) is 0. The van der Waals surface area contributed by atoms with E-state index >= 15 is 0 Å². The second-order valence-electron chi connectivity index (χ2n) is 4.78. The third kappa shape index (κ3) is 3.34. The number of rotatable bonds is 5. The Morgan fingerprint density at radius 1 is 1.08 bits per heavy atom. The van der Waals surface area contributed by atoms with Crippen LogP contribution in [0.25, 0.3) is 11.5 Å². The van der Waals surface area contributed by atoms with E-state index in [0.717, 1.165) is 0 Å². The summed E-state index contributed by atoms with van der Waals surface area (Å²) in [7, 11) is 0. The van der Waals surface area contributed by atoms with Gasteiger partial charge in [-0.25, -0.2) is 14.4 Å². The van der Waals surface area contributed by atoms with Crippen molar-refractivity contribution in [1.29, 1.82) is 0 Å². The van der Waals surface area contributed by atoms with Crippen LogP contribution in [0.15, 0.2) is 41.1 Å². The first-order valence-corrected chi connectivity index (χ1v) is 6.89. The molecule has 0 bridgehead atoms. The van der Waals surface area contributed by atoms with Crippen molar-refractivity contribution in [3.63, 3.8) is 0 Å². The van der Waals surface area contributed by atoms with Crippen molar-refractivity contribution in [3.8, 4) is 17.5 Å². The summed E-state index contributed by atoms with van der Waals surface area (Å²) in [5.74, 6) is -1.30. The van der Waals surface area contributed by atoms with E-state index < -0.39 is 24.2 Å². The van der Waals surface area contributed by atoms with Crippen LogP contribution in [0.3, 0.4) is 0 Å². The lowest BCUT2D eigenvalue weighted by Crippen LogP contribution is -2.07. The maximum Gasteiger partial charge on any atom is 0.316 e. The zero-order valence-electron chi connectivity index (χ0n) is 12.4. The lowest BCUT2D eigenvalue weighted by molar-refractivity contribution is 0.116. The zero-order valence-corrected chi connectivity index (χ0v) is 12.4. The first-order chi connectivity index (χ1) is 11.5. The van der Waals surface area contributed by atoms with Gasteiger partial charge in [0.25, 0.3) is 11.8 Å². The van der Waals surface area contributed by atoms with Crippen molar-refractivity contribution >= 4 is 0 Å². The molecular weight excluding hydrogens is 325 g/mol. The molecule has 0 amide bonds. The Balaban J connectivity index is 1.73. The number of nitrogens with zero attached hydrogens (tertiary/aromatic N) is 4. The van der Waals surface area contributed by atoms with Gasteiger partial charge in [-0.05, 0) is 13.0 Å². The molecule has 1 aromatic carbocycles. The Morgan fingerprint density at radius 3 is 2.42 bits per heavy atom. The van der Waals surface area contributed by atoms with Gasteiger partial charge in [0.15, 0.2) is 0 Å². The monoisotopic (exact) mass is 336 g/mol. The van der Waals surface area contributed by atoms with Gasteiger partial charge in [0.1, 0.15) is 11.9 Å². The van der Waals surface area contributed by atoms with Crippen LogP contribution < -0.4 is 4.74 Å². The molecule has 0 spiro atoms. The fraction of sp³-hybridized carbons (Fsp3) is 0.200. The molecule has 24 heavy (non-hydrogen) atoms. The van der Waals surface area contributed by atoms with Crippen molar-refractivity contribution < 1.29 is 22.3 Å². The normalized spacial score (nSPS) is 12.4. The fourth-order valence-corrected chi connectivity index (χ4v) is 1.95. The molecule has 0 N–H and O–H groups in total. The minimum atomic E-state index is -2.85. The van der Waals surface area contributed by atoms with E-state index in [1.807, 2.05) is 0 Å². The Morgan fingerprint density at radius 2 is 1.79 bits per heavy atom. The maximum atomic E-state index is 13.7. The average Bonchev–Trinajstić information content (AvgIpc) is 3.06. The molecule has 0 aliphatic carbocycles. The number of ether oxygens (including phenoxy) is 1. The molecule has 0 aliphatic rings. The highest BCUT2D eigenvalue weighted by atomic mass is 19.3. The van der Waals surface area contributed by atoms with Gasteiger partial charge in [0, 0.05) is 18.0 Å². The van der Waals surface area contributed by atoms with E-state index in [1.54, 1.807) is 25.1 Å². The van der Waals surface area contributed by atoms with Gasteiger partial charge in [-0.2, -0.15) is 8.78 Å². The lowest BCUT2D eigenvalue weighted by Gasteiger charge is -2.13. The molecule has 0 saturated heterocycles. The number of aromatic nitrogens is 4. The predicted molar refractivity (Wildman–Crippen MR) is 75.7 cm³/mol. The van der Waals surface area contributed by atoms with Crippen molar-refractivity contribution in [2.75, 3.05) is 0 Å². The molecule has 6 nitrogen and oxygen atoms in total. The third-order valence-corrected chi connectivity index (χ3v) is 3.13. The van der Waals surface area contributed by atoms with E-state index in [9.17, 15) is 13.2 Å². The SMILES string of the molecule is C[C@@H](Oc1ncc(-c2nnc(C(F)F)o2)cn1)c1ccccc1F. The van der Waals surface area contributed by atoms with Gasteiger partial charge in [-0.3, -0.25) is 0 Å². The molecule has 0 fully saturated rings. The lowest BCUT2D eigenvalue weighted by atomic mass is 10.1. The summed E-state index contributed by atoms with van der Waals surface area (Å²) in [6.45, 7) is 1.66. The summed E-state index contributed by atoms with van der Waals surface area (Å²) < 4.78 is 48.8. The molecule has 2 heterocycles. The van der Waals surface area contributed by atoms with E-state index in [2.05, 4.69) is 20.2 Å². The quantitative estimate of drug-likeness (QED) is 0.706. The van der Waals surface area contributed by atoms with Crippen molar-refractivity contribution in [3.05, 3.63) is 53.9 Å². The van der Waals surface area contributed by atoms with Crippen LogP contribution in [0, 0.1) is 5.82 Å². The highest BCUT2D eigenvalue weighted by Gasteiger charge is 2.18. The number of hydrogen-bond acceptors (Lipinski definition) is 6. The van der Waals surface area contributed by atoms with E-state index in [0.29, 0.717) is 5.56 Å². The average molecular weight is 336 g/mol. The number of halogens is 3. The van der Waals surface area contributed by atoms with Crippen LogP contribution in [-0.2, 0) is 0 Å². The summed E-state index contributed by atoms with van der Waals surface area (Å²) in [6, 6.07) is 6.20. The highest BCUT2D eigenvalue weighted by Crippen LogP contribution is 2.24. The van der Waals surface area contributed by atoms with Crippen LogP contribution in [0.4, 0.5) is 13.2 Å². The molecule has 3 aromatic rings. The van der Waals surface area contributed by atoms with Crippen molar-refractivity contribution in [2.24, 2.45) is 0 Å². The number of benzene rings is 1. The third-order valence-electron chi connectivity index (χ3n) is 3.13. The van der Waals surface area contributed by atoms with Gasteiger partial charge in [0.05, 0.1) is 5.56 Å². The van der Waals surface area contributed by atoms with Crippen LogP contribution in [-0.4, -0.2) is 20.2 Å². The Hall–Kier alpha value is -2.97. The van der Waals surface area contributed by atoms with Gasteiger partial charge < -0.3 is 9.15 Å². The minimum absolute atomic E-state index is 0.00287. The zero-order chi connectivity index (χ0) is 17.1. The standard InChI is InChI=1S/C15H11F3N4O2/c1-8(10-4-2-3-5-11(10)16)23-15-19-6-9(7-20-15)13-21-22-14(24-13)12(17)18/h2-8,12H,1H3/t8-/m1/s1. The second-order valence-corrected chi connectivity index (χ2v) is 4.78. The van der Waals surface area contributed by atoms with Gasteiger partial charge in [-0.15, -0.1) is 10.2 Å². The molecule has 0 aliphatic heterocycles. The van der Waals surface area contributed by atoms with Crippen LogP contribution in [0.5, 0.6) is 6.01 Å². The molecule has 0 radical (unpaired) electrons. The van der Waals surface area contributed by atoms with E-state index in [1.165, 1.54) is 18.5 Å². The summed E-state index contributed by atoms with van der Waals surface area (Å²) in [5, 5.41) is 6.71. The second kappa shape index (κ2) is 6.65. The molecule has 3 rings (SSSR count). The van der Waals surface area contributed by atoms with Gasteiger partial charge in [-0.1, -0.05) is 18.2 Å². The summed E-state index contributed by atoms with van der Waals surface area (Å²) in [6.07, 6.45) is -0.875. The highest BCUT2D eigenvalue weighted by molar-refractivity contribution is 5.49. The topological polar surface area (TPSA) is 73.9 Å². The molecule has 1 atom stereocenters. The van der Waals surface area contributed by atoms with E-state index in [4.69, 9.17) is 9.15 Å². The summed E-state index contributed by atoms with van der Waals surface area (Å²) in [5.41, 5.74) is 0.629. The molecule has 2 aromatic heterocycles. The summed E-state index contributed by atoms with van der Waals surface area (Å²) in [4.78, 5) is 7.87. The van der Waals surface area contributed by atoms with E-state index in [-0.39, 0.29) is 17.5 Å². The van der Waals surface area contributed by atoms with Crippen molar-refractivity contribution in [1.82, 2.24) is 20.2 Å². The Bertz CT molecular complexity index is 824. The fourth-order valence-electron chi connectivity index (χ4n) is 1.95. The molecule has 0 unspecified atom stereocenters. The molecule has 0 saturated carbocycles. The van der Waals surface area contributed by atoms with Gasteiger partial charge >= 0.3 is 12.4 Å². The van der Waals surface area contributed by atoms with Crippen molar-refractivity contribution in [2.45, 2.75) is 19.5 Å². The Labute approximate surface area is 134 Å². The van der Waals surface area contributed by atoms with Crippen LogP contribution >= 0.6 is 0 Å². The minimum Gasteiger partial charge on any atom is -0.455 e. The van der Waals surface area contributed by atoms with Crippen LogP contribution in [0.2, 0.25) is 0 Å². The van der Waals surface area contributed by atoms with Gasteiger partial charge in [0.2, 0.25) is 0 Å². The molecule has 124 valence electrons. The largest absolute Gasteiger partial charge is 0.455 e. The first kappa shape index (κ1) is 15.9. The Kier molecular flexibility index (Phi) is 4.41. The summed E-state index contributed by atoms with van der Waals surface area (Å²) >= 11 is 0. The molecular formula is C15H11F3N4O2. The van der Waals surface area contributed by atoms with Crippen LogP contribution in [0.1, 0.15) is 30.9 Å².